The smallest absolute Gasteiger partial charge is 0.143 e. The van der Waals surface area contributed by atoms with Gasteiger partial charge < -0.3 is 8.83 Å². The molecule has 0 aliphatic rings. The highest BCUT2D eigenvalue weighted by Gasteiger charge is 2.20. The summed E-state index contributed by atoms with van der Waals surface area (Å²) >= 11 is 0. The van der Waals surface area contributed by atoms with Crippen LogP contribution in [0.25, 0.3) is 77.3 Å². The highest BCUT2D eigenvalue weighted by molar-refractivity contribution is 6.10. The van der Waals surface area contributed by atoms with E-state index in [1.807, 2.05) is 103 Å². The lowest BCUT2D eigenvalue weighted by atomic mass is 9.86. The summed E-state index contributed by atoms with van der Waals surface area (Å²) in [7, 11) is 0. The molecule has 0 spiro atoms. The number of benzene rings is 6. The molecule has 4 nitrogen and oxygen atoms in total. The number of hydrogen-bond donors (Lipinski definition) is 0. The van der Waals surface area contributed by atoms with Crippen molar-refractivity contribution in [3.05, 3.63) is 132 Å². The molecular formula is C38H20N2O2. The van der Waals surface area contributed by atoms with Crippen molar-refractivity contribution in [2.24, 2.45) is 0 Å². The maximum Gasteiger partial charge on any atom is 0.143 e. The molecule has 194 valence electrons. The number of fused-ring (bicyclic) bond motifs is 6. The van der Waals surface area contributed by atoms with Gasteiger partial charge in [-0.05, 0) is 53.6 Å². The monoisotopic (exact) mass is 536 g/mol. The highest BCUT2D eigenvalue weighted by Crippen LogP contribution is 2.42. The van der Waals surface area contributed by atoms with Gasteiger partial charge in [-0.15, -0.1) is 0 Å². The van der Waals surface area contributed by atoms with E-state index >= 15 is 0 Å². The molecular weight excluding hydrogens is 516 g/mol. The minimum Gasteiger partial charge on any atom is -0.456 e. The highest BCUT2D eigenvalue weighted by atomic mass is 16.3. The van der Waals surface area contributed by atoms with Crippen molar-refractivity contribution in [1.82, 2.24) is 0 Å². The summed E-state index contributed by atoms with van der Waals surface area (Å²) in [6.07, 6.45) is 0. The molecule has 4 heteroatoms. The van der Waals surface area contributed by atoms with Crippen molar-refractivity contribution in [2.75, 3.05) is 0 Å². The zero-order valence-corrected chi connectivity index (χ0v) is 22.3. The zero-order chi connectivity index (χ0) is 28.2. The van der Waals surface area contributed by atoms with E-state index in [0.29, 0.717) is 22.3 Å². The molecule has 0 N–H and O–H groups in total. The van der Waals surface area contributed by atoms with Crippen LogP contribution in [0.4, 0.5) is 0 Å². The van der Waals surface area contributed by atoms with Crippen LogP contribution in [-0.4, -0.2) is 0 Å². The standard InChI is InChI=1S/C38H20N2O2/c39-21-24-8-1-2-9-26(24)33-19-25(27-12-7-13-31-29-11-4-6-15-36(29)42-38(27)31)18-32(34(33)22-40)23-16-17-30-28-10-3-5-14-35(28)41-37(30)20-23/h1-20H. The van der Waals surface area contributed by atoms with Gasteiger partial charge in [-0.1, -0.05) is 78.9 Å². The minimum atomic E-state index is 0.494. The van der Waals surface area contributed by atoms with Gasteiger partial charge in [0.15, 0.2) is 0 Å². The largest absolute Gasteiger partial charge is 0.456 e. The van der Waals surface area contributed by atoms with Gasteiger partial charge >= 0.3 is 0 Å². The Morgan fingerprint density at radius 3 is 1.88 bits per heavy atom. The van der Waals surface area contributed by atoms with Gasteiger partial charge in [0.1, 0.15) is 28.4 Å². The van der Waals surface area contributed by atoms with E-state index in [0.717, 1.165) is 66.1 Å². The first-order valence-electron chi connectivity index (χ1n) is 13.6. The molecule has 0 fully saturated rings. The predicted octanol–water partition coefficient (Wildman–Crippen LogP) is 10.2. The van der Waals surface area contributed by atoms with Crippen molar-refractivity contribution < 1.29 is 8.83 Å². The summed E-state index contributed by atoms with van der Waals surface area (Å²) in [4.78, 5) is 0. The van der Waals surface area contributed by atoms with E-state index in [1.165, 1.54) is 0 Å². The van der Waals surface area contributed by atoms with Crippen LogP contribution in [0.1, 0.15) is 11.1 Å². The fraction of sp³-hybridized carbons (Fsp3) is 0. The molecule has 0 aliphatic heterocycles. The third-order valence-electron chi connectivity index (χ3n) is 7.99. The van der Waals surface area contributed by atoms with Crippen LogP contribution in [0.5, 0.6) is 0 Å². The van der Waals surface area contributed by atoms with Gasteiger partial charge in [0.2, 0.25) is 0 Å². The van der Waals surface area contributed by atoms with Crippen molar-refractivity contribution in [3.8, 4) is 45.5 Å². The molecule has 6 aromatic carbocycles. The van der Waals surface area contributed by atoms with Gasteiger partial charge in [-0.3, -0.25) is 0 Å². The third kappa shape index (κ3) is 3.53. The molecule has 0 atom stereocenters. The predicted molar refractivity (Wildman–Crippen MR) is 167 cm³/mol. The first kappa shape index (κ1) is 23.8. The van der Waals surface area contributed by atoms with Crippen molar-refractivity contribution >= 4 is 43.9 Å². The Morgan fingerprint density at radius 1 is 0.429 bits per heavy atom. The number of para-hydroxylation sites is 3. The van der Waals surface area contributed by atoms with Crippen LogP contribution in [0.3, 0.4) is 0 Å². The Kier molecular flexibility index (Phi) is 5.22. The first-order valence-corrected chi connectivity index (χ1v) is 13.6. The summed E-state index contributed by atoms with van der Waals surface area (Å²) in [6.45, 7) is 0. The topological polar surface area (TPSA) is 73.9 Å². The second kappa shape index (κ2) is 9.24. The van der Waals surface area contributed by atoms with Crippen LogP contribution in [-0.2, 0) is 0 Å². The van der Waals surface area contributed by atoms with E-state index < -0.39 is 0 Å². The second-order valence-corrected chi connectivity index (χ2v) is 10.3. The van der Waals surface area contributed by atoms with Crippen LogP contribution in [0.15, 0.2) is 130 Å². The minimum absolute atomic E-state index is 0.494. The molecule has 42 heavy (non-hydrogen) atoms. The Morgan fingerprint density at radius 2 is 1.07 bits per heavy atom. The number of rotatable bonds is 3. The summed E-state index contributed by atoms with van der Waals surface area (Å²) in [6, 6.07) is 44.4. The van der Waals surface area contributed by atoms with E-state index in [9.17, 15) is 10.5 Å². The molecule has 0 saturated carbocycles. The average Bonchev–Trinajstić information content (AvgIpc) is 3.62. The lowest BCUT2D eigenvalue weighted by Gasteiger charge is -2.15. The van der Waals surface area contributed by atoms with Gasteiger partial charge in [-0.25, -0.2) is 0 Å². The van der Waals surface area contributed by atoms with E-state index in [2.05, 4.69) is 24.3 Å². The van der Waals surface area contributed by atoms with Crippen LogP contribution >= 0.6 is 0 Å². The summed E-state index contributed by atoms with van der Waals surface area (Å²) in [5.41, 5.74) is 8.99. The second-order valence-electron chi connectivity index (χ2n) is 10.3. The quantitative estimate of drug-likeness (QED) is 0.225. The molecule has 0 saturated heterocycles. The number of nitriles is 2. The van der Waals surface area contributed by atoms with Crippen molar-refractivity contribution in [3.63, 3.8) is 0 Å². The molecule has 0 aliphatic carbocycles. The maximum atomic E-state index is 10.6. The fourth-order valence-electron chi connectivity index (χ4n) is 6.04. The van der Waals surface area contributed by atoms with E-state index in [-0.39, 0.29) is 0 Å². The van der Waals surface area contributed by atoms with Gasteiger partial charge in [0.05, 0.1) is 17.2 Å². The Labute approximate surface area is 240 Å². The van der Waals surface area contributed by atoms with Gasteiger partial charge in [-0.2, -0.15) is 10.5 Å². The molecule has 2 heterocycles. The normalized spacial score (nSPS) is 11.3. The number of nitrogens with zero attached hydrogens (tertiary/aromatic N) is 2. The third-order valence-corrected chi connectivity index (χ3v) is 7.99. The Bertz CT molecular complexity index is 2450. The zero-order valence-electron chi connectivity index (χ0n) is 22.3. The Balaban J connectivity index is 1.45. The lowest BCUT2D eigenvalue weighted by Crippen LogP contribution is -1.95. The lowest BCUT2D eigenvalue weighted by molar-refractivity contribution is 0.669. The maximum absolute atomic E-state index is 10.6. The van der Waals surface area contributed by atoms with Crippen LogP contribution < -0.4 is 0 Å². The number of furan rings is 2. The van der Waals surface area contributed by atoms with Crippen LogP contribution in [0.2, 0.25) is 0 Å². The first-order chi connectivity index (χ1) is 20.7. The molecule has 2 aromatic heterocycles. The molecule has 8 aromatic rings. The molecule has 0 radical (unpaired) electrons. The summed E-state index contributed by atoms with van der Waals surface area (Å²) in [5.74, 6) is 0. The average molecular weight is 537 g/mol. The Hall–Kier alpha value is -6.10. The van der Waals surface area contributed by atoms with Crippen LogP contribution in [0, 0.1) is 22.7 Å². The molecule has 0 bridgehead atoms. The van der Waals surface area contributed by atoms with Crippen molar-refractivity contribution in [2.45, 2.75) is 0 Å². The van der Waals surface area contributed by atoms with E-state index in [4.69, 9.17) is 8.83 Å². The van der Waals surface area contributed by atoms with E-state index in [1.54, 1.807) is 6.07 Å². The summed E-state index contributed by atoms with van der Waals surface area (Å²) < 4.78 is 12.6. The number of hydrogen-bond acceptors (Lipinski definition) is 4. The fourth-order valence-corrected chi connectivity index (χ4v) is 6.04. The summed E-state index contributed by atoms with van der Waals surface area (Å²) in [5, 5.41) is 24.7. The SMILES string of the molecule is N#Cc1ccccc1-c1cc(-c2cccc3c2oc2ccccc23)cc(-c2ccc3c(c2)oc2ccccc23)c1C#N. The molecule has 8 rings (SSSR count). The van der Waals surface area contributed by atoms with Gasteiger partial charge in [0.25, 0.3) is 0 Å². The molecule has 0 unspecified atom stereocenters. The van der Waals surface area contributed by atoms with Crippen molar-refractivity contribution in [1.29, 1.82) is 10.5 Å². The molecule has 0 amide bonds. The van der Waals surface area contributed by atoms with Gasteiger partial charge in [0, 0.05) is 43.8 Å².